The van der Waals surface area contributed by atoms with Gasteiger partial charge in [-0.1, -0.05) is 13.3 Å². The van der Waals surface area contributed by atoms with Crippen LogP contribution in [0, 0.1) is 12.8 Å². The Morgan fingerprint density at radius 3 is 2.50 bits per heavy atom. The minimum absolute atomic E-state index is 0.298. The Kier molecular flexibility index (Phi) is 5.22. The molecule has 1 saturated carbocycles. The normalized spacial score (nSPS) is 25.1. The van der Waals surface area contributed by atoms with Crippen LogP contribution >= 0.6 is 0 Å². The standard InChI is InChI=1S/C16H30N4/c1-5-13-6-8-14(9-7-13)19(3)16(10-17)15-11-18-20(4)12(15)2/h11,13-14,16H,5-10,17H2,1-4H3. The Morgan fingerprint density at radius 1 is 1.40 bits per heavy atom. The Hall–Kier alpha value is -0.870. The number of likely N-dealkylation sites (N-methyl/N-ethyl adjacent to an activating group) is 1. The predicted molar refractivity (Wildman–Crippen MR) is 83.5 cm³/mol. The Balaban J connectivity index is 2.06. The third-order valence-corrected chi connectivity index (χ3v) is 5.32. The number of aromatic nitrogens is 2. The quantitative estimate of drug-likeness (QED) is 0.900. The van der Waals surface area contributed by atoms with E-state index in [0.717, 1.165) is 5.92 Å². The van der Waals surface area contributed by atoms with E-state index in [1.54, 1.807) is 0 Å². The van der Waals surface area contributed by atoms with E-state index >= 15 is 0 Å². The highest BCUT2D eigenvalue weighted by molar-refractivity contribution is 5.21. The molecule has 0 aliphatic heterocycles. The third-order valence-electron chi connectivity index (χ3n) is 5.32. The van der Waals surface area contributed by atoms with Gasteiger partial charge in [0, 0.05) is 30.9 Å². The Morgan fingerprint density at radius 2 is 2.05 bits per heavy atom. The van der Waals surface area contributed by atoms with E-state index < -0.39 is 0 Å². The van der Waals surface area contributed by atoms with E-state index in [0.29, 0.717) is 18.6 Å². The molecule has 0 bridgehead atoms. The van der Waals surface area contributed by atoms with E-state index in [2.05, 4.69) is 30.9 Å². The molecule has 20 heavy (non-hydrogen) atoms. The average molecular weight is 278 g/mol. The lowest BCUT2D eigenvalue weighted by atomic mass is 9.83. The second kappa shape index (κ2) is 6.72. The molecule has 4 nitrogen and oxygen atoms in total. The number of rotatable bonds is 5. The zero-order valence-corrected chi connectivity index (χ0v) is 13.5. The molecule has 1 aliphatic carbocycles. The second-order valence-electron chi connectivity index (χ2n) is 6.31. The van der Waals surface area contributed by atoms with E-state index in [4.69, 9.17) is 5.73 Å². The predicted octanol–water partition coefficient (Wildman–Crippen LogP) is 2.63. The molecule has 2 N–H and O–H groups in total. The van der Waals surface area contributed by atoms with Crippen molar-refractivity contribution in [2.45, 2.75) is 58.0 Å². The van der Waals surface area contributed by atoms with E-state index in [9.17, 15) is 0 Å². The number of aryl methyl sites for hydroxylation is 1. The highest BCUT2D eigenvalue weighted by Crippen LogP contribution is 2.33. The van der Waals surface area contributed by atoms with Crippen LogP contribution in [0.25, 0.3) is 0 Å². The highest BCUT2D eigenvalue weighted by atomic mass is 15.3. The molecule has 0 radical (unpaired) electrons. The van der Waals surface area contributed by atoms with E-state index in [-0.39, 0.29) is 0 Å². The average Bonchev–Trinajstić information content (AvgIpc) is 2.80. The van der Waals surface area contributed by atoms with Crippen molar-refractivity contribution in [3.63, 3.8) is 0 Å². The second-order valence-corrected chi connectivity index (χ2v) is 6.31. The molecule has 1 heterocycles. The lowest BCUT2D eigenvalue weighted by molar-refractivity contribution is 0.121. The van der Waals surface area contributed by atoms with Gasteiger partial charge in [0.1, 0.15) is 0 Å². The molecule has 114 valence electrons. The van der Waals surface area contributed by atoms with Crippen LogP contribution < -0.4 is 5.73 Å². The summed E-state index contributed by atoms with van der Waals surface area (Å²) in [6.07, 6.45) is 8.68. The van der Waals surface area contributed by atoms with Crippen molar-refractivity contribution in [1.29, 1.82) is 0 Å². The molecule has 1 aromatic heterocycles. The van der Waals surface area contributed by atoms with Crippen molar-refractivity contribution in [2.75, 3.05) is 13.6 Å². The van der Waals surface area contributed by atoms with E-state index in [1.165, 1.54) is 43.4 Å². The zero-order valence-electron chi connectivity index (χ0n) is 13.5. The number of hydrogen-bond acceptors (Lipinski definition) is 3. The maximum atomic E-state index is 6.07. The summed E-state index contributed by atoms with van der Waals surface area (Å²) >= 11 is 0. The summed E-state index contributed by atoms with van der Waals surface area (Å²) in [6.45, 7) is 5.11. The molecule has 0 spiro atoms. The molecule has 1 aromatic rings. The van der Waals surface area contributed by atoms with Gasteiger partial charge in [-0.2, -0.15) is 5.10 Å². The minimum atomic E-state index is 0.298. The summed E-state index contributed by atoms with van der Waals surface area (Å²) in [6, 6.07) is 0.970. The highest BCUT2D eigenvalue weighted by Gasteiger charge is 2.29. The van der Waals surface area contributed by atoms with Gasteiger partial charge in [-0.05, 0) is 45.6 Å². The van der Waals surface area contributed by atoms with Crippen LogP contribution in [0.3, 0.4) is 0 Å². The van der Waals surface area contributed by atoms with Gasteiger partial charge in [0.25, 0.3) is 0 Å². The van der Waals surface area contributed by atoms with Crippen LogP contribution in [-0.2, 0) is 7.05 Å². The summed E-state index contributed by atoms with van der Waals surface area (Å²) in [7, 11) is 4.24. The first-order valence-corrected chi connectivity index (χ1v) is 7.98. The third kappa shape index (κ3) is 3.07. The number of nitrogens with zero attached hydrogens (tertiary/aromatic N) is 3. The molecule has 2 rings (SSSR count). The SMILES string of the molecule is CCC1CCC(N(C)C(CN)c2cnn(C)c2C)CC1. The van der Waals surface area contributed by atoms with Gasteiger partial charge in [0.15, 0.2) is 0 Å². The van der Waals surface area contributed by atoms with Crippen molar-refractivity contribution in [3.8, 4) is 0 Å². The Labute approximate surface area is 123 Å². The summed E-state index contributed by atoms with van der Waals surface area (Å²) in [5.41, 5.74) is 8.58. The Bertz CT molecular complexity index is 418. The summed E-state index contributed by atoms with van der Waals surface area (Å²) in [4.78, 5) is 2.50. The van der Waals surface area contributed by atoms with Crippen LogP contribution in [0.2, 0.25) is 0 Å². The van der Waals surface area contributed by atoms with E-state index in [1.807, 2.05) is 17.9 Å². The summed E-state index contributed by atoms with van der Waals surface area (Å²) < 4.78 is 1.94. The minimum Gasteiger partial charge on any atom is -0.329 e. The fourth-order valence-electron chi connectivity index (χ4n) is 3.57. The topological polar surface area (TPSA) is 47.1 Å². The van der Waals surface area contributed by atoms with Gasteiger partial charge in [-0.15, -0.1) is 0 Å². The van der Waals surface area contributed by atoms with Crippen molar-refractivity contribution < 1.29 is 0 Å². The fourth-order valence-corrected chi connectivity index (χ4v) is 3.57. The maximum Gasteiger partial charge on any atom is 0.0540 e. The van der Waals surface area contributed by atoms with Crippen molar-refractivity contribution in [3.05, 3.63) is 17.5 Å². The molecule has 0 aromatic carbocycles. The number of nitrogens with two attached hydrogens (primary N) is 1. The van der Waals surface area contributed by atoms with Gasteiger partial charge in [-0.3, -0.25) is 9.58 Å². The van der Waals surface area contributed by atoms with Crippen molar-refractivity contribution in [2.24, 2.45) is 18.7 Å². The molecule has 1 atom stereocenters. The first-order chi connectivity index (χ1) is 9.58. The van der Waals surface area contributed by atoms with Gasteiger partial charge in [0.05, 0.1) is 12.2 Å². The molecule has 0 amide bonds. The smallest absolute Gasteiger partial charge is 0.0540 e. The van der Waals surface area contributed by atoms with Crippen LogP contribution in [0.4, 0.5) is 0 Å². The maximum absolute atomic E-state index is 6.07. The van der Waals surface area contributed by atoms with Gasteiger partial charge in [0.2, 0.25) is 0 Å². The largest absolute Gasteiger partial charge is 0.329 e. The van der Waals surface area contributed by atoms with Crippen LogP contribution in [0.1, 0.15) is 56.3 Å². The monoisotopic (exact) mass is 278 g/mol. The molecular weight excluding hydrogens is 248 g/mol. The van der Waals surface area contributed by atoms with Crippen LogP contribution in [0.15, 0.2) is 6.20 Å². The number of hydrogen-bond donors (Lipinski definition) is 1. The lowest BCUT2D eigenvalue weighted by Gasteiger charge is -2.38. The molecule has 0 saturated heterocycles. The summed E-state index contributed by atoms with van der Waals surface area (Å²) in [5, 5.41) is 4.37. The van der Waals surface area contributed by atoms with Gasteiger partial charge < -0.3 is 5.73 Å². The molecular formula is C16H30N4. The fraction of sp³-hybridized carbons (Fsp3) is 0.812. The van der Waals surface area contributed by atoms with Gasteiger partial charge in [-0.25, -0.2) is 0 Å². The first kappa shape index (κ1) is 15.5. The molecule has 1 aliphatic rings. The zero-order chi connectivity index (χ0) is 14.7. The molecule has 1 fully saturated rings. The van der Waals surface area contributed by atoms with Crippen LogP contribution in [-0.4, -0.2) is 34.3 Å². The molecule has 1 unspecified atom stereocenters. The lowest BCUT2D eigenvalue weighted by Crippen LogP contribution is -2.40. The first-order valence-electron chi connectivity index (χ1n) is 7.98. The molecule has 4 heteroatoms. The van der Waals surface area contributed by atoms with Gasteiger partial charge >= 0.3 is 0 Å². The van der Waals surface area contributed by atoms with Crippen molar-refractivity contribution in [1.82, 2.24) is 14.7 Å². The van der Waals surface area contributed by atoms with Crippen molar-refractivity contribution >= 4 is 0 Å². The summed E-state index contributed by atoms with van der Waals surface area (Å²) in [5.74, 6) is 0.941. The van der Waals surface area contributed by atoms with Crippen LogP contribution in [0.5, 0.6) is 0 Å².